The van der Waals surface area contributed by atoms with Gasteiger partial charge < -0.3 is 35.0 Å². The predicted octanol–water partition coefficient (Wildman–Crippen LogP) is 45.6. The summed E-state index contributed by atoms with van der Waals surface area (Å²) in [4.78, 5) is 52.3. The lowest BCUT2D eigenvalue weighted by molar-refractivity contribution is -0.118. The van der Waals surface area contributed by atoms with Crippen molar-refractivity contribution in [2.75, 3.05) is 18.6 Å². The Labute approximate surface area is 953 Å². The third-order valence-corrected chi connectivity index (χ3v) is 24.0. The monoisotopic (exact) mass is 2130 g/mol. The lowest BCUT2D eigenvalue weighted by Gasteiger charge is -2.11. The van der Waals surface area contributed by atoms with E-state index in [2.05, 4.69) is 404 Å². The number of aliphatic imine (C=N–C) groups is 1. The molecule has 898 valence electrons. The van der Waals surface area contributed by atoms with E-state index in [4.69, 9.17) is 10.8 Å². The van der Waals surface area contributed by atoms with E-state index in [0.717, 1.165) is 165 Å². The fraction of sp³-hybridized carbons (Fsp3) is 0.800. The van der Waals surface area contributed by atoms with Crippen LogP contribution in [-0.4, -0.2) is 68.7 Å². The number of hydrogen-bond donors (Lipinski definition) is 3. The number of nitrogens with one attached hydrogen (secondary N) is 1. The number of nitrogens with zero attached hydrogens (tertiary/aromatic N) is 2. The van der Waals surface area contributed by atoms with Crippen molar-refractivity contribution in [1.29, 1.82) is 0 Å². The molecule has 150 heavy (non-hydrogen) atoms. The van der Waals surface area contributed by atoms with Gasteiger partial charge in [-0.3, -0.25) is 4.99 Å². The molecule has 4 N–H and O–H groups in total. The molecule has 3 aromatic carbocycles. The van der Waals surface area contributed by atoms with Crippen LogP contribution in [0.15, 0.2) is 102 Å². The Morgan fingerprint density at radius 3 is 1.00 bits per heavy atom. The fourth-order valence-electron chi connectivity index (χ4n) is 12.4. The quantitative estimate of drug-likeness (QED) is 0.0227. The van der Waals surface area contributed by atoms with Gasteiger partial charge in [0.1, 0.15) is 23.1 Å². The Bertz CT molecular complexity index is 3230. The predicted molar refractivity (Wildman–Crippen MR) is 699 cm³/mol. The van der Waals surface area contributed by atoms with Crippen LogP contribution in [0.2, 0.25) is 0 Å². The lowest BCUT2D eigenvalue weighted by Crippen LogP contribution is -2.07. The summed E-state index contributed by atoms with van der Waals surface area (Å²) in [7, 11) is 0. The van der Waals surface area contributed by atoms with Crippen LogP contribution in [0.3, 0.4) is 0 Å². The van der Waals surface area contributed by atoms with Gasteiger partial charge in [0.05, 0.1) is 18.3 Å². The molecule has 0 spiro atoms. The van der Waals surface area contributed by atoms with Gasteiger partial charge in [-0.15, -0.1) is 0 Å². The smallest absolute Gasteiger partial charge is 0.130 e. The van der Waals surface area contributed by atoms with Crippen LogP contribution < -0.4 is 5.73 Å². The van der Waals surface area contributed by atoms with Gasteiger partial charge in [0.2, 0.25) is 0 Å². The SMILES string of the molecule is C.C.C.CC(=O)CC(C)C.CC(=O)CC(C)C.CC(=O)CCC(C)C.CC(=O)CCC(C)C.CC(C)C.CC(C)C(C)C.CC(C)C(C)O.CC(C)C1CCCC1.CC(C)CC(C)C.CC(C)CC1=CCc2ccccc21.CC(C)Cc1ccccc1.CC(C)Cc1cnc[nH]1.CC(N)=NCCCC(C)C.CCC(C)C.CCC(C)C.CCC(C)C(C)C.CCCCCCC(C)C.CSCCC(C)C.Cc1ccc(CC(C)C)cc1. The molecule has 2 atom stereocenters. The van der Waals surface area contributed by atoms with Crippen LogP contribution >= 0.6 is 11.8 Å². The van der Waals surface area contributed by atoms with Gasteiger partial charge in [-0.05, 0) is 295 Å². The number of nitrogens with two attached hydrogens (primary N) is 1. The number of Topliss-reactive ketones (excluding diaryl/α,β-unsaturated/α-hetero) is 4. The number of fused-ring (bicyclic) bond motifs is 1. The summed E-state index contributed by atoms with van der Waals surface area (Å²) in [6.07, 6.45) is 40.9. The van der Waals surface area contributed by atoms with Crippen molar-refractivity contribution in [2.45, 2.75) is 583 Å². The molecule has 9 nitrogen and oxygen atoms in total. The zero-order valence-corrected chi connectivity index (χ0v) is 111. The minimum Gasteiger partial charge on any atom is -0.393 e. The van der Waals surface area contributed by atoms with Crippen molar-refractivity contribution in [3.63, 3.8) is 0 Å². The molecule has 0 aliphatic heterocycles. The first-order chi connectivity index (χ1) is 67.9. The maximum absolute atomic E-state index is 10.3. The maximum Gasteiger partial charge on any atom is 0.130 e. The van der Waals surface area contributed by atoms with Crippen molar-refractivity contribution < 1.29 is 24.3 Å². The Hall–Kier alpha value is -4.93. The number of aliphatic hydroxyl groups excluding tert-OH is 1. The highest BCUT2D eigenvalue weighted by Gasteiger charge is 2.18. The van der Waals surface area contributed by atoms with Gasteiger partial charge in [0.15, 0.2) is 0 Å². The summed E-state index contributed by atoms with van der Waals surface area (Å²) in [6, 6.07) is 28.2. The number of unbranched alkanes of at least 4 members (excludes halogenated alkanes) is 3. The number of amidine groups is 1. The molecule has 1 heterocycles. The fourth-order valence-corrected chi connectivity index (χ4v) is 13.1. The second kappa shape index (κ2) is 128. The number of aromatic nitrogens is 2. The van der Waals surface area contributed by atoms with Gasteiger partial charge in [0.25, 0.3) is 0 Å². The van der Waals surface area contributed by atoms with Gasteiger partial charge in [-0.25, -0.2) is 4.98 Å². The first kappa shape index (κ1) is 181. The second-order valence-corrected chi connectivity index (χ2v) is 51.6. The summed E-state index contributed by atoms with van der Waals surface area (Å²) in [6.45, 7) is 119. The molecular weight excluding hydrogens is 1850 g/mol. The van der Waals surface area contributed by atoms with Crippen molar-refractivity contribution in [1.82, 2.24) is 9.97 Å². The first-order valence-electron chi connectivity index (χ1n) is 60.1. The molecular formula is C140H282N4O5S. The summed E-state index contributed by atoms with van der Waals surface area (Å²) < 4.78 is 0. The molecule has 0 amide bonds. The van der Waals surface area contributed by atoms with Crippen molar-refractivity contribution in [3.05, 3.63) is 131 Å². The Morgan fingerprint density at radius 2 is 0.767 bits per heavy atom. The molecule has 0 saturated heterocycles. The average Bonchev–Trinajstić information content (AvgIpc) is 1.69. The number of aryl methyl sites for hydroxylation is 1. The number of carbonyl (C=O) groups excluding carboxylic acids is 4. The van der Waals surface area contributed by atoms with E-state index in [9.17, 15) is 19.2 Å². The molecule has 2 aliphatic rings. The van der Waals surface area contributed by atoms with E-state index in [1.54, 1.807) is 46.5 Å². The topological polar surface area (TPSA) is 156 Å². The number of aromatic amines is 1. The minimum absolute atomic E-state index is 0. The van der Waals surface area contributed by atoms with Crippen LogP contribution in [0, 0.1) is 143 Å². The number of rotatable bonds is 39. The van der Waals surface area contributed by atoms with Gasteiger partial charge in [-0.1, -0.05) is 522 Å². The molecule has 10 heteroatoms. The zero-order valence-electron chi connectivity index (χ0n) is 110. The second-order valence-electron chi connectivity index (χ2n) is 50.6. The normalized spacial score (nSPS) is 11.7. The lowest BCUT2D eigenvalue weighted by atomic mass is 9.95. The summed E-state index contributed by atoms with van der Waals surface area (Å²) in [5.74, 6) is 21.4. The van der Waals surface area contributed by atoms with E-state index in [-0.39, 0.29) is 40.0 Å². The Morgan fingerprint density at radius 1 is 0.407 bits per heavy atom. The highest BCUT2D eigenvalue weighted by atomic mass is 32.2. The van der Waals surface area contributed by atoms with E-state index in [1.807, 2.05) is 66.4 Å². The largest absolute Gasteiger partial charge is 0.393 e. The van der Waals surface area contributed by atoms with Crippen LogP contribution in [0.4, 0.5) is 0 Å². The number of aliphatic hydroxyl groups is 1. The van der Waals surface area contributed by atoms with Crippen LogP contribution in [0.1, 0.15) is 577 Å². The standard InChI is InChI=1S/C13H16.C11H16.C10H14.C9H20.C8H18N2.C8H16.C7H12N2.2C7H14O.2C7H16.2C6H12O.C6H14S.C6H14.C5H12O.2C5H12.C4H10.3CH4/c1-10(2)9-12-8-7-11-5-3-4-6-13(11)12;1-9(2)8-11-6-4-10(3)5-7-11;1-9(2)8-10-6-4-3-5-7-10;1-4-5-6-7-8-9(2)3;1-7(2)5-4-6-10-8(3)9;1-7(2)8-5-3-4-6-8;1-6(2)3-7-4-8-5-9-7;2*1-6(2)4-5-7(3)8;1-6(2)5-7(3)4;1-5-7(4)6(2)3;2*1-5(2)4-6(3)7;1-6(2)4-5-7-3;1-5(2)6(3)4;1-4(2)5(3)6;2*1-4-5(2)3;1-4(2)3;;;/h3-6,8,10H,7,9H2,1-2H3;4-7,9H,8H2,1-3H3;3-7,9H,8H2,1-2H3;9H,4-8H2,1-3H3;7H,4-6H2,1-3H3,(H2,9,10);7-8H,3-6H2,1-2H3;4-6H,3H2,1-2H3,(H,8,9);2*6H,4-5H2,1-3H3;2*6-7H,5H2,1-4H3;2*5H,4H2,1-3H3;6H,4-5H2,1-3H3;5-6H,1-4H3;4-6H,1-3H3;2*5H,4H2,1-3H3;4H,1-3H3;3*1H4. The van der Waals surface area contributed by atoms with Crippen LogP contribution in [0.5, 0.6) is 0 Å². The van der Waals surface area contributed by atoms with Crippen LogP contribution in [-0.2, 0) is 44.9 Å². The molecule has 4 aromatic rings. The Balaban J connectivity index is -0.0000000907. The van der Waals surface area contributed by atoms with Gasteiger partial charge in [0, 0.05) is 44.1 Å². The molecule has 1 saturated carbocycles. The highest BCUT2D eigenvalue weighted by Crippen LogP contribution is 2.32. The summed E-state index contributed by atoms with van der Waals surface area (Å²) in [5, 5.41) is 8.63. The Kier molecular flexibility index (Phi) is 154. The molecule has 0 radical (unpaired) electrons. The number of H-pyrrole nitrogens is 1. The average molecular weight is 2130 g/mol. The van der Waals surface area contributed by atoms with Crippen molar-refractivity contribution in [3.8, 4) is 0 Å². The minimum atomic E-state index is -0.148. The highest BCUT2D eigenvalue weighted by molar-refractivity contribution is 7.98. The van der Waals surface area contributed by atoms with Crippen molar-refractivity contribution in [2.24, 2.45) is 147 Å². The molecule has 2 aliphatic carbocycles. The number of benzene rings is 3. The molecule has 2 unspecified atom stereocenters. The van der Waals surface area contributed by atoms with Crippen molar-refractivity contribution >= 4 is 46.3 Å². The third-order valence-electron chi connectivity index (χ3n) is 23.4. The molecule has 6 rings (SSSR count). The van der Waals surface area contributed by atoms with E-state index in [1.165, 1.54) is 155 Å². The summed E-state index contributed by atoms with van der Waals surface area (Å²) >= 11 is 1.93. The van der Waals surface area contributed by atoms with Crippen LogP contribution in [0.25, 0.3) is 5.57 Å². The van der Waals surface area contributed by atoms with E-state index < -0.39 is 0 Å². The third kappa shape index (κ3) is 188. The van der Waals surface area contributed by atoms with E-state index >= 15 is 0 Å². The van der Waals surface area contributed by atoms with Gasteiger partial charge in [-0.2, -0.15) is 11.8 Å². The molecule has 1 aromatic heterocycles. The maximum atomic E-state index is 10.3. The number of carbonyl (C=O) groups is 4. The number of ketones is 4. The number of thioether (sulfide) groups is 1. The molecule has 0 bridgehead atoms. The summed E-state index contributed by atoms with van der Waals surface area (Å²) in [5.41, 5.74) is 15.4. The number of imidazole rings is 1. The molecule has 1 fully saturated rings. The first-order valence-corrected chi connectivity index (χ1v) is 61.5. The zero-order chi connectivity index (χ0) is 117. The van der Waals surface area contributed by atoms with E-state index in [0.29, 0.717) is 52.9 Å². The number of allylic oxidation sites excluding steroid dienone is 2. The van der Waals surface area contributed by atoms with Gasteiger partial charge >= 0.3 is 0 Å². The number of hydrogen-bond acceptors (Lipinski definition) is 8.